The first-order valence-corrected chi connectivity index (χ1v) is 6.36. The van der Waals surface area contributed by atoms with Crippen molar-refractivity contribution < 1.29 is 9.63 Å². The van der Waals surface area contributed by atoms with Crippen LogP contribution in [0.3, 0.4) is 0 Å². The maximum atomic E-state index is 9.81. The van der Waals surface area contributed by atoms with E-state index in [1.165, 1.54) is 6.42 Å². The highest BCUT2D eigenvalue weighted by atomic mass is 79.9. The molecule has 1 N–H and O–H groups in total. The SMILES string of the molecule is Oc1cc(Br)ccc1-c1nc(C2CCC2)no1. The van der Waals surface area contributed by atoms with Crippen molar-refractivity contribution >= 4 is 15.9 Å². The Morgan fingerprint density at radius 1 is 1.35 bits per heavy atom. The van der Waals surface area contributed by atoms with Crippen LogP contribution in [0, 0.1) is 0 Å². The number of nitrogens with zero attached hydrogens (tertiary/aromatic N) is 2. The van der Waals surface area contributed by atoms with Gasteiger partial charge < -0.3 is 9.63 Å². The molecule has 0 atom stereocenters. The van der Waals surface area contributed by atoms with E-state index >= 15 is 0 Å². The Balaban J connectivity index is 1.94. The number of aromatic nitrogens is 2. The molecule has 5 heteroatoms. The minimum Gasteiger partial charge on any atom is -0.507 e. The average molecular weight is 295 g/mol. The molecule has 17 heavy (non-hydrogen) atoms. The molecule has 0 saturated heterocycles. The molecule has 3 rings (SSSR count). The summed E-state index contributed by atoms with van der Waals surface area (Å²) in [7, 11) is 0. The number of phenols is 1. The molecule has 1 aliphatic rings. The van der Waals surface area contributed by atoms with E-state index in [0.29, 0.717) is 17.4 Å². The normalized spacial score (nSPS) is 15.8. The maximum Gasteiger partial charge on any atom is 0.261 e. The third kappa shape index (κ3) is 1.95. The van der Waals surface area contributed by atoms with Gasteiger partial charge in [0.05, 0.1) is 5.56 Å². The summed E-state index contributed by atoms with van der Waals surface area (Å²) in [6.07, 6.45) is 3.49. The van der Waals surface area contributed by atoms with Crippen molar-refractivity contribution in [3.8, 4) is 17.2 Å². The Bertz CT molecular complexity index is 549. The quantitative estimate of drug-likeness (QED) is 0.921. The summed E-state index contributed by atoms with van der Waals surface area (Å²) in [5, 5.41) is 13.8. The van der Waals surface area contributed by atoms with Gasteiger partial charge in [-0.15, -0.1) is 0 Å². The van der Waals surface area contributed by atoms with Gasteiger partial charge in [0, 0.05) is 10.4 Å². The van der Waals surface area contributed by atoms with Gasteiger partial charge >= 0.3 is 0 Å². The molecule has 1 heterocycles. The molecule has 0 unspecified atom stereocenters. The van der Waals surface area contributed by atoms with Crippen LogP contribution < -0.4 is 0 Å². The standard InChI is InChI=1S/C12H11BrN2O2/c13-8-4-5-9(10(16)6-8)12-14-11(15-17-12)7-2-1-3-7/h4-7,16H,1-3H2. The second-order valence-electron chi connectivity index (χ2n) is 4.25. The number of hydrogen-bond donors (Lipinski definition) is 1. The zero-order valence-corrected chi connectivity index (χ0v) is 10.6. The lowest BCUT2D eigenvalue weighted by molar-refractivity contribution is 0.365. The van der Waals surface area contributed by atoms with Gasteiger partial charge in [0.25, 0.3) is 5.89 Å². The number of benzene rings is 1. The Kier molecular flexibility index (Phi) is 2.63. The second kappa shape index (κ2) is 4.14. The third-order valence-corrected chi connectivity index (χ3v) is 3.60. The molecule has 0 radical (unpaired) electrons. The summed E-state index contributed by atoms with van der Waals surface area (Å²) in [6, 6.07) is 5.21. The summed E-state index contributed by atoms with van der Waals surface area (Å²) in [6.45, 7) is 0. The molecule has 1 fully saturated rings. The molecule has 1 aliphatic carbocycles. The summed E-state index contributed by atoms with van der Waals surface area (Å²) in [4.78, 5) is 4.34. The van der Waals surface area contributed by atoms with Crippen molar-refractivity contribution in [3.05, 3.63) is 28.5 Å². The zero-order chi connectivity index (χ0) is 11.8. The first-order chi connectivity index (χ1) is 8.24. The Morgan fingerprint density at radius 2 is 2.18 bits per heavy atom. The van der Waals surface area contributed by atoms with Gasteiger partial charge in [-0.2, -0.15) is 4.98 Å². The van der Waals surface area contributed by atoms with Crippen molar-refractivity contribution in [3.63, 3.8) is 0 Å². The molecule has 0 aliphatic heterocycles. The van der Waals surface area contributed by atoms with Crippen LogP contribution in [-0.2, 0) is 0 Å². The van der Waals surface area contributed by atoms with Gasteiger partial charge in [0.2, 0.25) is 0 Å². The lowest BCUT2D eigenvalue weighted by Gasteiger charge is -2.20. The van der Waals surface area contributed by atoms with Crippen LogP contribution in [0.15, 0.2) is 27.2 Å². The van der Waals surface area contributed by atoms with Crippen molar-refractivity contribution in [2.75, 3.05) is 0 Å². The van der Waals surface area contributed by atoms with E-state index in [1.807, 2.05) is 6.07 Å². The van der Waals surface area contributed by atoms with Crippen LogP contribution >= 0.6 is 15.9 Å². The fourth-order valence-corrected chi connectivity index (χ4v) is 2.21. The first-order valence-electron chi connectivity index (χ1n) is 5.56. The maximum absolute atomic E-state index is 9.81. The van der Waals surface area contributed by atoms with Crippen LogP contribution in [0.25, 0.3) is 11.5 Å². The van der Waals surface area contributed by atoms with Gasteiger partial charge in [-0.05, 0) is 31.0 Å². The van der Waals surface area contributed by atoms with E-state index < -0.39 is 0 Å². The molecule has 0 amide bonds. The second-order valence-corrected chi connectivity index (χ2v) is 5.16. The third-order valence-electron chi connectivity index (χ3n) is 3.10. The fraction of sp³-hybridized carbons (Fsp3) is 0.333. The highest BCUT2D eigenvalue weighted by Crippen LogP contribution is 2.36. The molecule has 4 nitrogen and oxygen atoms in total. The molecule has 88 valence electrons. The molecular weight excluding hydrogens is 284 g/mol. The smallest absolute Gasteiger partial charge is 0.261 e. The van der Waals surface area contributed by atoms with Gasteiger partial charge in [0.1, 0.15) is 5.75 Å². The van der Waals surface area contributed by atoms with Crippen LogP contribution in [0.1, 0.15) is 31.0 Å². The molecule has 2 aromatic rings. The van der Waals surface area contributed by atoms with Crippen molar-refractivity contribution in [1.29, 1.82) is 0 Å². The molecule has 1 aromatic heterocycles. The summed E-state index contributed by atoms with van der Waals surface area (Å²) < 4.78 is 6.01. The van der Waals surface area contributed by atoms with Gasteiger partial charge in [-0.3, -0.25) is 0 Å². The number of hydrogen-bond acceptors (Lipinski definition) is 4. The number of phenolic OH excluding ortho intramolecular Hbond substituents is 1. The fourth-order valence-electron chi connectivity index (χ4n) is 1.86. The first kappa shape index (κ1) is 10.8. The van der Waals surface area contributed by atoms with E-state index in [4.69, 9.17) is 4.52 Å². The Hall–Kier alpha value is -1.36. The molecule has 0 spiro atoms. The summed E-state index contributed by atoms with van der Waals surface area (Å²) in [5.41, 5.74) is 0.575. The van der Waals surface area contributed by atoms with Gasteiger partial charge in [0.15, 0.2) is 5.82 Å². The average Bonchev–Trinajstić information content (AvgIpc) is 2.64. The number of aromatic hydroxyl groups is 1. The van der Waals surface area contributed by atoms with E-state index in [9.17, 15) is 5.11 Å². The highest BCUT2D eigenvalue weighted by molar-refractivity contribution is 9.10. The van der Waals surface area contributed by atoms with Crippen LogP contribution in [0.4, 0.5) is 0 Å². The van der Waals surface area contributed by atoms with Crippen LogP contribution in [0.2, 0.25) is 0 Å². The number of rotatable bonds is 2. The van der Waals surface area contributed by atoms with E-state index in [-0.39, 0.29) is 5.75 Å². The van der Waals surface area contributed by atoms with Crippen molar-refractivity contribution in [2.45, 2.75) is 25.2 Å². The van der Waals surface area contributed by atoms with Crippen LogP contribution in [-0.4, -0.2) is 15.2 Å². The summed E-state index contributed by atoms with van der Waals surface area (Å²) in [5.74, 6) is 1.72. The lowest BCUT2D eigenvalue weighted by Crippen LogP contribution is -2.10. The predicted octanol–water partition coefficient (Wildman–Crippen LogP) is 3.47. The molecule has 1 aromatic carbocycles. The van der Waals surface area contributed by atoms with Crippen LogP contribution in [0.5, 0.6) is 5.75 Å². The number of halogens is 1. The van der Waals surface area contributed by atoms with E-state index in [0.717, 1.165) is 23.1 Å². The zero-order valence-electron chi connectivity index (χ0n) is 9.06. The minimum atomic E-state index is 0.142. The van der Waals surface area contributed by atoms with Gasteiger partial charge in [-0.25, -0.2) is 0 Å². The van der Waals surface area contributed by atoms with Crippen molar-refractivity contribution in [2.24, 2.45) is 0 Å². The van der Waals surface area contributed by atoms with Crippen molar-refractivity contribution in [1.82, 2.24) is 10.1 Å². The Morgan fingerprint density at radius 3 is 2.82 bits per heavy atom. The lowest BCUT2D eigenvalue weighted by atomic mass is 9.85. The molecule has 1 saturated carbocycles. The van der Waals surface area contributed by atoms with Gasteiger partial charge in [-0.1, -0.05) is 27.5 Å². The topological polar surface area (TPSA) is 59.2 Å². The van der Waals surface area contributed by atoms with E-state index in [2.05, 4.69) is 26.1 Å². The Labute approximate surface area is 107 Å². The minimum absolute atomic E-state index is 0.142. The molecule has 0 bridgehead atoms. The summed E-state index contributed by atoms with van der Waals surface area (Å²) >= 11 is 3.29. The van der Waals surface area contributed by atoms with E-state index in [1.54, 1.807) is 12.1 Å². The monoisotopic (exact) mass is 294 g/mol. The predicted molar refractivity (Wildman–Crippen MR) is 65.7 cm³/mol. The molecular formula is C12H11BrN2O2. The highest BCUT2D eigenvalue weighted by Gasteiger charge is 2.25. The largest absolute Gasteiger partial charge is 0.507 e.